The van der Waals surface area contributed by atoms with Crippen molar-refractivity contribution in [2.75, 3.05) is 26.0 Å². The number of benzene rings is 1. The standard InChI is InChI=1S/C19H27N5O2/c1-12-11-15(18(25)24(4)5)8-9-17(12)21-19(26)20-10-6-7-16-13(2)22-23-14(16)3/h8-9,11H,6-7,10H2,1-5H3,(H,22,23)(H2,20,21,26). The van der Waals surface area contributed by atoms with Crippen LogP contribution in [0.1, 0.15) is 39.3 Å². The normalized spacial score (nSPS) is 10.5. The average molecular weight is 357 g/mol. The van der Waals surface area contributed by atoms with Crippen molar-refractivity contribution >= 4 is 17.6 Å². The van der Waals surface area contributed by atoms with Gasteiger partial charge < -0.3 is 15.5 Å². The fourth-order valence-corrected chi connectivity index (χ4v) is 2.77. The Morgan fingerprint density at radius 1 is 1.19 bits per heavy atom. The van der Waals surface area contributed by atoms with Crippen molar-refractivity contribution in [3.63, 3.8) is 0 Å². The minimum atomic E-state index is -0.250. The lowest BCUT2D eigenvalue weighted by Crippen LogP contribution is -2.30. The van der Waals surface area contributed by atoms with E-state index in [2.05, 4.69) is 20.8 Å². The number of nitrogens with zero attached hydrogens (tertiary/aromatic N) is 2. The number of aromatic amines is 1. The number of hydrogen-bond donors (Lipinski definition) is 3. The van der Waals surface area contributed by atoms with Gasteiger partial charge in [-0.2, -0.15) is 5.10 Å². The topological polar surface area (TPSA) is 90.1 Å². The van der Waals surface area contributed by atoms with Crippen LogP contribution in [0, 0.1) is 20.8 Å². The first kappa shape index (κ1) is 19.5. The monoisotopic (exact) mass is 357 g/mol. The molecule has 0 aliphatic rings. The van der Waals surface area contributed by atoms with Gasteiger partial charge in [0.1, 0.15) is 0 Å². The smallest absolute Gasteiger partial charge is 0.319 e. The Balaban J connectivity index is 1.83. The number of carbonyl (C=O) groups excluding carboxylic acids is 2. The summed E-state index contributed by atoms with van der Waals surface area (Å²) < 4.78 is 0. The number of carbonyl (C=O) groups is 2. The van der Waals surface area contributed by atoms with Gasteiger partial charge >= 0.3 is 6.03 Å². The lowest BCUT2D eigenvalue weighted by Gasteiger charge is -2.13. The molecule has 0 aliphatic heterocycles. The number of rotatable bonds is 6. The first-order chi connectivity index (χ1) is 12.3. The number of urea groups is 1. The fraction of sp³-hybridized carbons (Fsp3) is 0.421. The number of nitrogens with one attached hydrogen (secondary N) is 3. The van der Waals surface area contributed by atoms with Crippen LogP contribution in [0.15, 0.2) is 18.2 Å². The van der Waals surface area contributed by atoms with E-state index in [0.717, 1.165) is 29.8 Å². The zero-order valence-corrected chi connectivity index (χ0v) is 16.1. The van der Waals surface area contributed by atoms with Gasteiger partial charge in [0.25, 0.3) is 5.91 Å². The second kappa shape index (κ2) is 8.51. The lowest BCUT2D eigenvalue weighted by molar-refractivity contribution is 0.0827. The molecule has 7 heteroatoms. The van der Waals surface area contributed by atoms with Gasteiger partial charge in [0.2, 0.25) is 0 Å². The highest BCUT2D eigenvalue weighted by molar-refractivity contribution is 5.96. The Labute approximate surface area is 154 Å². The molecule has 0 radical (unpaired) electrons. The first-order valence-electron chi connectivity index (χ1n) is 8.67. The highest BCUT2D eigenvalue weighted by Gasteiger charge is 2.11. The summed E-state index contributed by atoms with van der Waals surface area (Å²) in [5, 5.41) is 12.8. The van der Waals surface area contributed by atoms with E-state index in [1.165, 1.54) is 10.5 Å². The Bertz CT molecular complexity index is 776. The van der Waals surface area contributed by atoms with Crippen molar-refractivity contribution in [2.45, 2.75) is 33.6 Å². The second-order valence-corrected chi connectivity index (χ2v) is 6.63. The van der Waals surface area contributed by atoms with E-state index in [9.17, 15) is 9.59 Å². The molecule has 1 aromatic carbocycles. The van der Waals surface area contributed by atoms with Crippen LogP contribution in [0.4, 0.5) is 10.5 Å². The number of anilines is 1. The SMILES string of the molecule is Cc1cc(C(=O)N(C)C)ccc1NC(=O)NCCCc1c(C)n[nH]c1C. The van der Waals surface area contributed by atoms with E-state index in [-0.39, 0.29) is 11.9 Å². The van der Waals surface area contributed by atoms with Crippen molar-refractivity contribution in [1.29, 1.82) is 0 Å². The molecule has 0 bridgehead atoms. The maximum absolute atomic E-state index is 12.1. The summed E-state index contributed by atoms with van der Waals surface area (Å²) in [6, 6.07) is 5.00. The van der Waals surface area contributed by atoms with E-state index in [4.69, 9.17) is 0 Å². The summed E-state index contributed by atoms with van der Waals surface area (Å²) in [4.78, 5) is 25.6. The van der Waals surface area contributed by atoms with Crippen LogP contribution in [0.2, 0.25) is 0 Å². The summed E-state index contributed by atoms with van der Waals surface area (Å²) in [6.07, 6.45) is 1.71. The van der Waals surface area contributed by atoms with Crippen LogP contribution in [0.3, 0.4) is 0 Å². The largest absolute Gasteiger partial charge is 0.345 e. The van der Waals surface area contributed by atoms with Crippen LogP contribution in [-0.2, 0) is 6.42 Å². The summed E-state index contributed by atoms with van der Waals surface area (Å²) in [5.74, 6) is -0.0612. The van der Waals surface area contributed by atoms with Gasteiger partial charge in [-0.25, -0.2) is 4.79 Å². The molecular formula is C19H27N5O2. The maximum Gasteiger partial charge on any atom is 0.319 e. The predicted octanol–water partition coefficient (Wildman–Crippen LogP) is 2.79. The van der Waals surface area contributed by atoms with Crippen molar-refractivity contribution in [3.8, 4) is 0 Å². The summed E-state index contributed by atoms with van der Waals surface area (Å²) in [7, 11) is 3.42. The van der Waals surface area contributed by atoms with Crippen molar-refractivity contribution in [1.82, 2.24) is 20.4 Å². The van der Waals surface area contributed by atoms with Gasteiger partial charge in [-0.05, 0) is 62.9 Å². The van der Waals surface area contributed by atoms with Gasteiger partial charge in [-0.3, -0.25) is 9.89 Å². The quantitative estimate of drug-likeness (QED) is 0.694. The minimum absolute atomic E-state index is 0.0612. The van der Waals surface area contributed by atoms with Crippen molar-refractivity contribution in [2.24, 2.45) is 0 Å². The van der Waals surface area contributed by atoms with Gasteiger partial charge in [0.15, 0.2) is 0 Å². The Kier molecular flexibility index (Phi) is 6.38. The van der Waals surface area contributed by atoms with Crippen LogP contribution < -0.4 is 10.6 Å². The third-order valence-corrected chi connectivity index (χ3v) is 4.30. The molecule has 0 aliphatic carbocycles. The third-order valence-electron chi connectivity index (χ3n) is 4.30. The van der Waals surface area contributed by atoms with Crippen molar-refractivity contribution in [3.05, 3.63) is 46.3 Å². The molecule has 2 rings (SSSR count). The summed E-state index contributed by atoms with van der Waals surface area (Å²) in [6.45, 7) is 6.42. The van der Waals surface area contributed by atoms with E-state index < -0.39 is 0 Å². The Morgan fingerprint density at radius 3 is 2.50 bits per heavy atom. The van der Waals surface area contributed by atoms with E-state index in [0.29, 0.717) is 17.8 Å². The molecule has 1 aromatic heterocycles. The number of H-pyrrole nitrogens is 1. The molecule has 2 aromatic rings. The van der Waals surface area contributed by atoms with E-state index >= 15 is 0 Å². The van der Waals surface area contributed by atoms with Crippen LogP contribution in [0.25, 0.3) is 0 Å². The van der Waals surface area contributed by atoms with Gasteiger partial charge in [-0.15, -0.1) is 0 Å². The molecule has 0 atom stereocenters. The van der Waals surface area contributed by atoms with Crippen molar-refractivity contribution < 1.29 is 9.59 Å². The number of hydrogen-bond acceptors (Lipinski definition) is 3. The molecule has 0 saturated carbocycles. The van der Waals surface area contributed by atoms with Gasteiger partial charge in [0.05, 0.1) is 5.69 Å². The molecular weight excluding hydrogens is 330 g/mol. The van der Waals surface area contributed by atoms with E-state index in [1.807, 2.05) is 20.8 Å². The van der Waals surface area contributed by atoms with Crippen LogP contribution in [-0.4, -0.2) is 47.7 Å². The Hall–Kier alpha value is -2.83. The lowest BCUT2D eigenvalue weighted by atomic mass is 10.1. The summed E-state index contributed by atoms with van der Waals surface area (Å²) >= 11 is 0. The van der Waals surface area contributed by atoms with Gasteiger partial charge in [0, 0.05) is 37.6 Å². The molecule has 0 spiro atoms. The number of amides is 3. The second-order valence-electron chi connectivity index (χ2n) is 6.63. The number of aromatic nitrogens is 2. The fourth-order valence-electron chi connectivity index (χ4n) is 2.77. The van der Waals surface area contributed by atoms with E-state index in [1.54, 1.807) is 32.3 Å². The van der Waals surface area contributed by atoms with Gasteiger partial charge in [-0.1, -0.05) is 0 Å². The molecule has 3 amide bonds. The zero-order chi connectivity index (χ0) is 19.3. The molecule has 140 valence electrons. The highest BCUT2D eigenvalue weighted by atomic mass is 16.2. The molecule has 0 fully saturated rings. The predicted molar refractivity (Wildman–Crippen MR) is 103 cm³/mol. The maximum atomic E-state index is 12.1. The molecule has 26 heavy (non-hydrogen) atoms. The van der Waals surface area contributed by atoms with Crippen LogP contribution in [0.5, 0.6) is 0 Å². The minimum Gasteiger partial charge on any atom is -0.345 e. The zero-order valence-electron chi connectivity index (χ0n) is 16.1. The third kappa shape index (κ3) is 4.84. The summed E-state index contributed by atoms with van der Waals surface area (Å²) in [5.41, 5.74) is 5.44. The molecule has 1 heterocycles. The average Bonchev–Trinajstić information content (AvgIpc) is 2.91. The molecule has 3 N–H and O–H groups in total. The van der Waals surface area contributed by atoms with Crippen LogP contribution >= 0.6 is 0 Å². The molecule has 7 nitrogen and oxygen atoms in total. The molecule has 0 unspecified atom stereocenters. The number of aryl methyl sites for hydroxylation is 3. The first-order valence-corrected chi connectivity index (χ1v) is 8.67. The Morgan fingerprint density at radius 2 is 1.92 bits per heavy atom. The molecule has 0 saturated heterocycles. The highest BCUT2D eigenvalue weighted by Crippen LogP contribution is 2.17.